The zero-order valence-corrected chi connectivity index (χ0v) is 11.2. The van der Waals surface area contributed by atoms with Crippen LogP contribution in [0.5, 0.6) is 0 Å². The molecule has 0 radical (unpaired) electrons. The van der Waals surface area contributed by atoms with Crippen molar-refractivity contribution < 1.29 is 9.90 Å². The summed E-state index contributed by atoms with van der Waals surface area (Å²) in [5, 5.41) is 10.1. The van der Waals surface area contributed by atoms with Crippen LogP contribution in [-0.2, 0) is 4.79 Å². The van der Waals surface area contributed by atoms with Crippen LogP contribution in [0.2, 0.25) is 0 Å². The number of carbonyl (C=O) groups is 1. The highest BCUT2D eigenvalue weighted by Gasteiger charge is 1.91. The Morgan fingerprint density at radius 1 is 0.882 bits per heavy atom. The van der Waals surface area contributed by atoms with E-state index in [9.17, 15) is 9.90 Å². The van der Waals surface area contributed by atoms with Crippen LogP contribution in [0, 0.1) is 0 Å². The summed E-state index contributed by atoms with van der Waals surface area (Å²) in [6.07, 6.45) is 16.7. The van der Waals surface area contributed by atoms with Gasteiger partial charge in [-0.3, -0.25) is 0 Å². The Labute approximate surface area is 106 Å². The van der Waals surface area contributed by atoms with E-state index >= 15 is 0 Å². The van der Waals surface area contributed by atoms with E-state index in [0.717, 1.165) is 6.42 Å². The van der Waals surface area contributed by atoms with Crippen molar-refractivity contribution in [2.45, 2.75) is 77.6 Å². The fraction of sp³-hybridized carbons (Fsp3) is 0.800. The lowest BCUT2D eigenvalue weighted by Crippen LogP contribution is -2.20. The number of allylic oxidation sites excluding steroid dienone is 1. The predicted octanol–water partition coefficient (Wildman–Crippen LogP) is 3.60. The molecule has 0 spiro atoms. The maximum absolute atomic E-state index is 10.1. The summed E-state index contributed by atoms with van der Waals surface area (Å²) >= 11 is 0. The average Bonchev–Trinajstić information content (AvgIpc) is 2.30. The molecule has 0 aromatic carbocycles. The molecular formula is C15H27O2-. The number of unbranched alkanes of at least 4 members (excludes halogenated alkanes) is 9. The van der Waals surface area contributed by atoms with E-state index in [1.54, 1.807) is 6.08 Å². The SMILES string of the molecule is CCCCCCCCCCC/C=C/CC(=O)[O-]. The van der Waals surface area contributed by atoms with E-state index in [1.807, 2.05) is 6.08 Å². The molecular weight excluding hydrogens is 212 g/mol. The zero-order valence-electron chi connectivity index (χ0n) is 11.2. The van der Waals surface area contributed by atoms with Crippen molar-refractivity contribution in [1.82, 2.24) is 0 Å². The fourth-order valence-electron chi connectivity index (χ4n) is 1.87. The third kappa shape index (κ3) is 15.2. The third-order valence-electron chi connectivity index (χ3n) is 2.93. The van der Waals surface area contributed by atoms with E-state index in [-0.39, 0.29) is 6.42 Å². The van der Waals surface area contributed by atoms with Gasteiger partial charge in [-0.15, -0.1) is 0 Å². The average molecular weight is 239 g/mol. The summed E-state index contributed by atoms with van der Waals surface area (Å²) in [7, 11) is 0. The first-order valence-corrected chi connectivity index (χ1v) is 7.12. The Morgan fingerprint density at radius 2 is 1.41 bits per heavy atom. The summed E-state index contributed by atoms with van der Waals surface area (Å²) in [6, 6.07) is 0. The molecule has 0 unspecified atom stereocenters. The van der Waals surface area contributed by atoms with Gasteiger partial charge in [-0.2, -0.15) is 0 Å². The summed E-state index contributed by atoms with van der Waals surface area (Å²) in [4.78, 5) is 10.1. The van der Waals surface area contributed by atoms with Gasteiger partial charge in [0.15, 0.2) is 0 Å². The maximum atomic E-state index is 10.1. The van der Waals surface area contributed by atoms with Crippen LogP contribution in [0.4, 0.5) is 0 Å². The highest BCUT2D eigenvalue weighted by molar-refractivity contribution is 5.66. The van der Waals surface area contributed by atoms with Gasteiger partial charge >= 0.3 is 0 Å². The Balaban J connectivity index is 3.03. The molecule has 17 heavy (non-hydrogen) atoms. The van der Waals surface area contributed by atoms with Crippen LogP contribution in [0.25, 0.3) is 0 Å². The molecule has 0 aliphatic heterocycles. The van der Waals surface area contributed by atoms with Crippen LogP contribution in [0.15, 0.2) is 12.2 Å². The molecule has 0 aliphatic rings. The normalized spacial score (nSPS) is 11.1. The second-order valence-electron chi connectivity index (χ2n) is 4.66. The zero-order chi connectivity index (χ0) is 12.8. The first kappa shape index (κ1) is 16.2. The number of aliphatic carboxylic acids is 1. The Bertz CT molecular complexity index is 197. The van der Waals surface area contributed by atoms with Crippen LogP contribution in [0.3, 0.4) is 0 Å². The van der Waals surface area contributed by atoms with Gasteiger partial charge in [-0.1, -0.05) is 70.4 Å². The number of hydrogen-bond acceptors (Lipinski definition) is 2. The quantitative estimate of drug-likeness (QED) is 0.385. The van der Waals surface area contributed by atoms with E-state index in [2.05, 4.69) is 6.92 Å². The van der Waals surface area contributed by atoms with Crippen molar-refractivity contribution in [2.75, 3.05) is 0 Å². The molecule has 0 aliphatic carbocycles. The van der Waals surface area contributed by atoms with Gasteiger partial charge in [0.1, 0.15) is 0 Å². The lowest BCUT2D eigenvalue weighted by Gasteiger charge is -2.00. The second kappa shape index (κ2) is 13.3. The van der Waals surface area contributed by atoms with Crippen LogP contribution < -0.4 is 5.11 Å². The molecule has 0 amide bonds. The number of carboxylic acids is 1. The Morgan fingerprint density at radius 3 is 1.94 bits per heavy atom. The third-order valence-corrected chi connectivity index (χ3v) is 2.93. The van der Waals surface area contributed by atoms with E-state index in [0.29, 0.717) is 0 Å². The van der Waals surface area contributed by atoms with Crippen molar-refractivity contribution in [2.24, 2.45) is 0 Å². The molecule has 0 rings (SSSR count). The molecule has 0 atom stereocenters. The van der Waals surface area contributed by atoms with Gasteiger partial charge in [0.2, 0.25) is 0 Å². The van der Waals surface area contributed by atoms with E-state index < -0.39 is 5.97 Å². The van der Waals surface area contributed by atoms with Crippen molar-refractivity contribution in [3.63, 3.8) is 0 Å². The second-order valence-corrected chi connectivity index (χ2v) is 4.66. The first-order valence-electron chi connectivity index (χ1n) is 7.12. The minimum absolute atomic E-state index is 0.0530. The van der Waals surface area contributed by atoms with Crippen LogP contribution in [-0.4, -0.2) is 5.97 Å². The molecule has 0 aromatic rings. The first-order chi connectivity index (χ1) is 8.27. The summed E-state index contributed by atoms with van der Waals surface area (Å²) in [5.74, 6) is -0.992. The minimum Gasteiger partial charge on any atom is -0.550 e. The Hall–Kier alpha value is -0.790. The smallest absolute Gasteiger partial charge is 0.0452 e. The molecule has 0 aromatic heterocycles. The van der Waals surface area contributed by atoms with Gasteiger partial charge in [0.25, 0.3) is 0 Å². The van der Waals surface area contributed by atoms with Crippen molar-refractivity contribution in [3.8, 4) is 0 Å². The molecule has 0 fully saturated rings. The lowest BCUT2D eigenvalue weighted by atomic mass is 10.1. The van der Waals surface area contributed by atoms with Gasteiger partial charge in [0, 0.05) is 12.4 Å². The van der Waals surface area contributed by atoms with E-state index in [4.69, 9.17) is 0 Å². The molecule has 0 heterocycles. The summed E-state index contributed by atoms with van der Waals surface area (Å²) in [5.41, 5.74) is 0. The molecule has 0 saturated carbocycles. The van der Waals surface area contributed by atoms with Crippen molar-refractivity contribution >= 4 is 5.97 Å². The summed E-state index contributed by atoms with van der Waals surface area (Å²) < 4.78 is 0. The molecule has 2 nitrogen and oxygen atoms in total. The monoisotopic (exact) mass is 239 g/mol. The fourth-order valence-corrected chi connectivity index (χ4v) is 1.87. The number of hydrogen-bond donors (Lipinski definition) is 0. The largest absolute Gasteiger partial charge is 0.550 e. The molecule has 0 N–H and O–H groups in total. The standard InChI is InChI=1S/C15H28O2/c1-2-3-4-5-6-7-8-9-10-11-12-13-14-15(16)17/h12-13H,2-11,14H2,1H3,(H,16,17)/p-1/b13-12+. The van der Waals surface area contributed by atoms with Gasteiger partial charge in [0.05, 0.1) is 0 Å². The topological polar surface area (TPSA) is 40.1 Å². The molecule has 100 valence electrons. The highest BCUT2D eigenvalue weighted by atomic mass is 16.4. The van der Waals surface area contributed by atoms with Crippen LogP contribution >= 0.6 is 0 Å². The van der Waals surface area contributed by atoms with Gasteiger partial charge in [-0.25, -0.2) is 0 Å². The molecule has 2 heteroatoms. The number of carbonyl (C=O) groups excluding carboxylic acids is 1. The summed E-state index contributed by atoms with van der Waals surface area (Å²) in [6.45, 7) is 2.24. The predicted molar refractivity (Wildman–Crippen MR) is 70.6 cm³/mol. The Kier molecular flexibility index (Phi) is 12.7. The van der Waals surface area contributed by atoms with Crippen molar-refractivity contribution in [1.29, 1.82) is 0 Å². The maximum Gasteiger partial charge on any atom is 0.0452 e. The van der Waals surface area contributed by atoms with Gasteiger partial charge < -0.3 is 9.90 Å². The van der Waals surface area contributed by atoms with Gasteiger partial charge in [-0.05, 0) is 12.8 Å². The minimum atomic E-state index is -0.992. The van der Waals surface area contributed by atoms with Crippen molar-refractivity contribution in [3.05, 3.63) is 12.2 Å². The lowest BCUT2D eigenvalue weighted by molar-refractivity contribution is -0.304. The van der Waals surface area contributed by atoms with E-state index in [1.165, 1.54) is 57.8 Å². The van der Waals surface area contributed by atoms with Crippen LogP contribution in [0.1, 0.15) is 77.6 Å². The number of rotatable bonds is 12. The molecule has 0 saturated heterocycles. The molecule has 0 bridgehead atoms. The number of carboxylic acid groups (broad SMARTS) is 1. The highest BCUT2D eigenvalue weighted by Crippen LogP contribution is 2.10.